The monoisotopic (exact) mass is 337 g/mol. The van der Waals surface area contributed by atoms with Crippen LogP contribution in [-0.2, 0) is 13.0 Å². The Morgan fingerprint density at radius 3 is 2.86 bits per heavy atom. The SMILES string of the molecule is CCc1cc(=O)n2nc(NCc3ccc(Cl)cc3Cl)nc2[nH]1. The summed E-state index contributed by atoms with van der Waals surface area (Å²) in [6.07, 6.45) is 0.724. The van der Waals surface area contributed by atoms with E-state index in [1.807, 2.05) is 13.0 Å². The number of anilines is 1. The van der Waals surface area contributed by atoms with Gasteiger partial charge in [-0.25, -0.2) is 0 Å². The lowest BCUT2D eigenvalue weighted by Gasteiger charge is -2.04. The van der Waals surface area contributed by atoms with Gasteiger partial charge in [-0.05, 0) is 24.1 Å². The fourth-order valence-electron chi connectivity index (χ4n) is 2.04. The summed E-state index contributed by atoms with van der Waals surface area (Å²) in [5, 5.41) is 8.32. The van der Waals surface area contributed by atoms with Gasteiger partial charge in [-0.2, -0.15) is 9.50 Å². The summed E-state index contributed by atoms with van der Waals surface area (Å²) in [7, 11) is 0. The molecule has 114 valence electrons. The topological polar surface area (TPSA) is 75.1 Å². The maximum Gasteiger partial charge on any atom is 0.275 e. The molecule has 0 unspecified atom stereocenters. The summed E-state index contributed by atoms with van der Waals surface area (Å²) in [5.74, 6) is 0.765. The third-order valence-electron chi connectivity index (χ3n) is 3.22. The minimum Gasteiger partial charge on any atom is -0.349 e. The Balaban J connectivity index is 1.85. The van der Waals surface area contributed by atoms with Gasteiger partial charge in [0.25, 0.3) is 5.56 Å². The first-order valence-corrected chi connectivity index (χ1v) is 7.49. The number of nitrogens with one attached hydrogen (secondary N) is 2. The van der Waals surface area contributed by atoms with Gasteiger partial charge in [0.2, 0.25) is 11.7 Å². The van der Waals surface area contributed by atoms with Crippen molar-refractivity contribution in [2.45, 2.75) is 19.9 Å². The third kappa shape index (κ3) is 2.93. The molecule has 0 saturated heterocycles. The molecule has 3 rings (SSSR count). The molecule has 2 heterocycles. The lowest BCUT2D eigenvalue weighted by Crippen LogP contribution is -2.15. The van der Waals surface area contributed by atoms with Crippen molar-refractivity contribution in [1.82, 2.24) is 19.6 Å². The normalized spacial score (nSPS) is 11.0. The fraction of sp³-hybridized carbons (Fsp3) is 0.214. The third-order valence-corrected chi connectivity index (χ3v) is 3.81. The van der Waals surface area contributed by atoms with Crippen LogP contribution in [0, 0.1) is 0 Å². The Kier molecular flexibility index (Phi) is 4.04. The lowest BCUT2D eigenvalue weighted by atomic mass is 10.2. The van der Waals surface area contributed by atoms with Crippen molar-refractivity contribution >= 4 is 34.9 Å². The van der Waals surface area contributed by atoms with E-state index in [0.29, 0.717) is 28.3 Å². The van der Waals surface area contributed by atoms with E-state index in [1.54, 1.807) is 12.1 Å². The van der Waals surface area contributed by atoms with Crippen molar-refractivity contribution in [3.63, 3.8) is 0 Å². The molecular weight excluding hydrogens is 325 g/mol. The maximum atomic E-state index is 11.9. The first kappa shape index (κ1) is 14.9. The minimum atomic E-state index is -0.212. The van der Waals surface area contributed by atoms with Gasteiger partial charge < -0.3 is 10.3 Å². The number of halogens is 2. The van der Waals surface area contributed by atoms with Crippen LogP contribution in [0.25, 0.3) is 5.78 Å². The second-order valence-electron chi connectivity index (χ2n) is 4.75. The van der Waals surface area contributed by atoms with Crippen LogP contribution in [0.3, 0.4) is 0 Å². The molecule has 0 aliphatic carbocycles. The summed E-state index contributed by atoms with van der Waals surface area (Å²) in [6.45, 7) is 2.39. The summed E-state index contributed by atoms with van der Waals surface area (Å²) in [6, 6.07) is 6.78. The number of benzene rings is 1. The largest absolute Gasteiger partial charge is 0.349 e. The van der Waals surface area contributed by atoms with E-state index < -0.39 is 0 Å². The quantitative estimate of drug-likeness (QED) is 0.767. The highest BCUT2D eigenvalue weighted by atomic mass is 35.5. The molecule has 0 radical (unpaired) electrons. The highest BCUT2D eigenvalue weighted by molar-refractivity contribution is 6.35. The van der Waals surface area contributed by atoms with Gasteiger partial charge >= 0.3 is 0 Å². The van der Waals surface area contributed by atoms with Crippen molar-refractivity contribution < 1.29 is 0 Å². The van der Waals surface area contributed by atoms with Crippen molar-refractivity contribution in [2.24, 2.45) is 0 Å². The number of rotatable bonds is 4. The van der Waals surface area contributed by atoms with Crippen molar-refractivity contribution in [1.29, 1.82) is 0 Å². The molecule has 0 atom stereocenters. The molecule has 2 N–H and O–H groups in total. The van der Waals surface area contributed by atoms with Crippen LogP contribution in [0.15, 0.2) is 29.1 Å². The molecule has 8 heteroatoms. The lowest BCUT2D eigenvalue weighted by molar-refractivity contribution is 0.873. The van der Waals surface area contributed by atoms with Crippen molar-refractivity contribution in [3.05, 3.63) is 55.9 Å². The van der Waals surface area contributed by atoms with Crippen LogP contribution in [-0.4, -0.2) is 19.6 Å². The summed E-state index contributed by atoms with van der Waals surface area (Å²) >= 11 is 12.0. The molecule has 6 nitrogen and oxygen atoms in total. The van der Waals surface area contributed by atoms with E-state index >= 15 is 0 Å². The number of hydrogen-bond donors (Lipinski definition) is 2. The average molecular weight is 338 g/mol. The van der Waals surface area contributed by atoms with Crippen LogP contribution < -0.4 is 10.9 Å². The Morgan fingerprint density at radius 2 is 2.14 bits per heavy atom. The Morgan fingerprint density at radius 1 is 1.32 bits per heavy atom. The average Bonchev–Trinajstić information content (AvgIpc) is 2.89. The zero-order valence-corrected chi connectivity index (χ0v) is 13.2. The first-order chi connectivity index (χ1) is 10.6. The number of aromatic amines is 1. The number of nitrogens with zero attached hydrogens (tertiary/aromatic N) is 3. The molecule has 0 saturated carbocycles. The van der Waals surface area contributed by atoms with Gasteiger partial charge in [-0.15, -0.1) is 5.10 Å². The molecule has 22 heavy (non-hydrogen) atoms. The first-order valence-electron chi connectivity index (χ1n) is 6.73. The minimum absolute atomic E-state index is 0.212. The smallest absolute Gasteiger partial charge is 0.275 e. The maximum absolute atomic E-state index is 11.9. The Bertz CT molecular complexity index is 887. The summed E-state index contributed by atoms with van der Waals surface area (Å²) < 4.78 is 1.23. The molecule has 0 spiro atoms. The molecule has 0 bridgehead atoms. The van der Waals surface area contributed by atoms with Crippen LogP contribution in [0.5, 0.6) is 0 Å². The number of hydrogen-bond acceptors (Lipinski definition) is 4. The molecule has 0 amide bonds. The Labute approximate surface area is 136 Å². The number of aromatic nitrogens is 4. The molecule has 2 aromatic heterocycles. The molecule has 0 aliphatic heterocycles. The number of aryl methyl sites for hydroxylation is 1. The van der Waals surface area contributed by atoms with Crippen molar-refractivity contribution in [3.8, 4) is 0 Å². The molecule has 0 fully saturated rings. The molecular formula is C14H13Cl2N5O. The summed E-state index contributed by atoms with van der Waals surface area (Å²) in [5.41, 5.74) is 1.47. The van der Waals surface area contributed by atoms with E-state index in [4.69, 9.17) is 23.2 Å². The van der Waals surface area contributed by atoms with Crippen LogP contribution in [0.4, 0.5) is 5.95 Å². The highest BCUT2D eigenvalue weighted by Gasteiger charge is 2.08. The highest BCUT2D eigenvalue weighted by Crippen LogP contribution is 2.21. The summed E-state index contributed by atoms with van der Waals surface area (Å²) in [4.78, 5) is 19.2. The predicted molar refractivity (Wildman–Crippen MR) is 86.8 cm³/mol. The molecule has 3 aromatic rings. The predicted octanol–water partition coefficient (Wildman–Crippen LogP) is 2.90. The van der Waals surface area contributed by atoms with E-state index in [2.05, 4.69) is 20.4 Å². The van der Waals surface area contributed by atoms with E-state index in [0.717, 1.165) is 17.7 Å². The van der Waals surface area contributed by atoms with Crippen molar-refractivity contribution in [2.75, 3.05) is 5.32 Å². The Hall–Kier alpha value is -2.05. The van der Waals surface area contributed by atoms with Crippen LogP contribution >= 0.6 is 23.2 Å². The second-order valence-corrected chi connectivity index (χ2v) is 5.59. The van der Waals surface area contributed by atoms with E-state index in [1.165, 1.54) is 10.6 Å². The standard InChI is InChI=1S/C14H13Cl2N5O/c1-2-10-6-12(22)21-14(18-10)19-13(20-21)17-7-8-3-4-9(15)5-11(8)16/h3-6H,2,7H2,1H3,(H2,17,18,19,20). The second kappa shape index (κ2) is 5.98. The molecule has 1 aromatic carbocycles. The zero-order chi connectivity index (χ0) is 15.7. The van der Waals surface area contributed by atoms with E-state index in [-0.39, 0.29) is 5.56 Å². The fourth-order valence-corrected chi connectivity index (χ4v) is 2.52. The van der Waals surface area contributed by atoms with Gasteiger partial charge in [-0.3, -0.25) is 4.79 Å². The van der Waals surface area contributed by atoms with Crippen LogP contribution in [0.1, 0.15) is 18.2 Å². The van der Waals surface area contributed by atoms with Gasteiger partial charge in [0.05, 0.1) is 0 Å². The number of fused-ring (bicyclic) bond motifs is 1. The van der Waals surface area contributed by atoms with E-state index in [9.17, 15) is 4.79 Å². The van der Waals surface area contributed by atoms with Crippen LogP contribution in [0.2, 0.25) is 10.0 Å². The van der Waals surface area contributed by atoms with Gasteiger partial charge in [0.15, 0.2) is 0 Å². The van der Waals surface area contributed by atoms with Gasteiger partial charge in [0.1, 0.15) is 0 Å². The molecule has 0 aliphatic rings. The number of H-pyrrole nitrogens is 1. The zero-order valence-electron chi connectivity index (χ0n) is 11.7. The van der Waals surface area contributed by atoms with Gasteiger partial charge in [-0.1, -0.05) is 36.2 Å². The van der Waals surface area contributed by atoms with Gasteiger partial charge in [0, 0.05) is 28.4 Å².